The fourth-order valence-corrected chi connectivity index (χ4v) is 2.85. The van der Waals surface area contributed by atoms with Gasteiger partial charge in [-0.05, 0) is 52.0 Å². The SMILES string of the molecule is O=C(Cc1ccc(-c2ccc3nonc3c2)cc1)C1CCC1. The zero-order valence-electron chi connectivity index (χ0n) is 12.2. The number of rotatable bonds is 4. The summed E-state index contributed by atoms with van der Waals surface area (Å²) in [7, 11) is 0. The van der Waals surface area contributed by atoms with Crippen molar-refractivity contribution in [1.29, 1.82) is 0 Å². The Hall–Kier alpha value is -2.49. The van der Waals surface area contributed by atoms with E-state index in [1.165, 1.54) is 6.42 Å². The molecule has 0 atom stereocenters. The van der Waals surface area contributed by atoms with Gasteiger partial charge in [-0.15, -0.1) is 0 Å². The van der Waals surface area contributed by atoms with E-state index in [2.05, 4.69) is 22.4 Å². The van der Waals surface area contributed by atoms with Crippen LogP contribution in [0.15, 0.2) is 47.1 Å². The summed E-state index contributed by atoms with van der Waals surface area (Å²) >= 11 is 0. The molecule has 0 aliphatic heterocycles. The Balaban J connectivity index is 1.54. The molecule has 0 saturated heterocycles. The van der Waals surface area contributed by atoms with Crippen molar-refractivity contribution in [3.8, 4) is 11.1 Å². The van der Waals surface area contributed by atoms with Crippen LogP contribution < -0.4 is 0 Å². The summed E-state index contributed by atoms with van der Waals surface area (Å²) in [4.78, 5) is 12.0. The standard InChI is InChI=1S/C18H16N2O2/c21-18(14-2-1-3-14)10-12-4-6-13(7-5-12)15-8-9-16-17(11-15)20-22-19-16/h4-9,11,14H,1-3,10H2. The number of carbonyl (C=O) groups excluding carboxylic acids is 1. The Morgan fingerprint density at radius 2 is 1.73 bits per heavy atom. The minimum atomic E-state index is 0.307. The minimum absolute atomic E-state index is 0.307. The van der Waals surface area contributed by atoms with Crippen LogP contribution in [-0.2, 0) is 11.2 Å². The van der Waals surface area contributed by atoms with Gasteiger partial charge in [-0.2, -0.15) is 0 Å². The fourth-order valence-electron chi connectivity index (χ4n) is 2.85. The molecule has 110 valence electrons. The molecule has 0 spiro atoms. The molecule has 22 heavy (non-hydrogen) atoms. The maximum atomic E-state index is 12.0. The summed E-state index contributed by atoms with van der Waals surface area (Å²) in [5, 5.41) is 7.67. The Morgan fingerprint density at radius 3 is 2.45 bits per heavy atom. The average molecular weight is 292 g/mol. The third-order valence-electron chi connectivity index (χ3n) is 4.48. The lowest BCUT2D eigenvalue weighted by atomic mass is 9.80. The number of hydrogen-bond acceptors (Lipinski definition) is 4. The molecule has 3 aromatic rings. The first-order chi connectivity index (χ1) is 10.8. The first-order valence-corrected chi connectivity index (χ1v) is 7.64. The molecular weight excluding hydrogens is 276 g/mol. The van der Waals surface area contributed by atoms with Crippen molar-refractivity contribution in [2.45, 2.75) is 25.7 Å². The highest BCUT2D eigenvalue weighted by atomic mass is 16.6. The zero-order valence-corrected chi connectivity index (χ0v) is 12.2. The molecule has 0 unspecified atom stereocenters. The van der Waals surface area contributed by atoms with Crippen molar-refractivity contribution in [2.75, 3.05) is 0 Å². The van der Waals surface area contributed by atoms with E-state index in [0.29, 0.717) is 18.1 Å². The third kappa shape index (κ3) is 2.41. The summed E-state index contributed by atoms with van der Waals surface area (Å²) in [5.74, 6) is 0.691. The highest BCUT2D eigenvalue weighted by Crippen LogP contribution is 2.29. The van der Waals surface area contributed by atoms with Crippen LogP contribution in [0.25, 0.3) is 22.2 Å². The number of Topliss-reactive ketones (excluding diaryl/α,β-unsaturated/α-hetero) is 1. The van der Waals surface area contributed by atoms with Crippen molar-refractivity contribution in [3.05, 3.63) is 48.0 Å². The van der Waals surface area contributed by atoms with E-state index >= 15 is 0 Å². The Kier molecular flexibility index (Phi) is 3.22. The van der Waals surface area contributed by atoms with Gasteiger partial charge in [0.1, 0.15) is 16.8 Å². The number of nitrogens with zero attached hydrogens (tertiary/aromatic N) is 2. The first kappa shape index (κ1) is 13.2. The molecule has 4 heteroatoms. The summed E-state index contributed by atoms with van der Waals surface area (Å²) in [5.41, 5.74) is 4.77. The van der Waals surface area contributed by atoms with Crippen LogP contribution >= 0.6 is 0 Å². The van der Waals surface area contributed by atoms with Crippen molar-refractivity contribution in [1.82, 2.24) is 10.3 Å². The van der Waals surface area contributed by atoms with Crippen LogP contribution in [0.5, 0.6) is 0 Å². The smallest absolute Gasteiger partial charge is 0.140 e. The third-order valence-corrected chi connectivity index (χ3v) is 4.48. The average Bonchev–Trinajstić information content (AvgIpc) is 2.93. The topological polar surface area (TPSA) is 56.0 Å². The van der Waals surface area contributed by atoms with Crippen molar-refractivity contribution >= 4 is 16.8 Å². The van der Waals surface area contributed by atoms with Gasteiger partial charge in [0.15, 0.2) is 0 Å². The van der Waals surface area contributed by atoms with E-state index < -0.39 is 0 Å². The van der Waals surface area contributed by atoms with Gasteiger partial charge in [0.2, 0.25) is 0 Å². The number of fused-ring (bicyclic) bond motifs is 1. The zero-order chi connectivity index (χ0) is 14.9. The summed E-state index contributed by atoms with van der Waals surface area (Å²) in [6.07, 6.45) is 3.90. The van der Waals surface area contributed by atoms with Crippen molar-refractivity contribution in [2.24, 2.45) is 5.92 Å². The molecule has 1 heterocycles. The normalized spacial score (nSPS) is 14.9. The number of carbonyl (C=O) groups is 1. The number of aromatic nitrogens is 2. The molecule has 0 amide bonds. The van der Waals surface area contributed by atoms with Gasteiger partial charge in [-0.1, -0.05) is 36.8 Å². The highest BCUT2D eigenvalue weighted by Gasteiger charge is 2.24. The van der Waals surface area contributed by atoms with Crippen LogP contribution in [-0.4, -0.2) is 16.1 Å². The molecule has 1 saturated carbocycles. The largest absolute Gasteiger partial charge is 0.299 e. The van der Waals surface area contributed by atoms with Gasteiger partial charge in [-0.3, -0.25) is 4.79 Å². The van der Waals surface area contributed by atoms with Gasteiger partial charge in [0, 0.05) is 12.3 Å². The second kappa shape index (κ2) is 5.37. The monoisotopic (exact) mass is 292 g/mol. The molecule has 1 aliphatic rings. The van der Waals surface area contributed by atoms with E-state index in [4.69, 9.17) is 4.63 Å². The summed E-state index contributed by atoms with van der Waals surface area (Å²) < 4.78 is 4.72. The number of hydrogen-bond donors (Lipinski definition) is 0. The number of ketones is 1. The second-order valence-electron chi connectivity index (χ2n) is 5.94. The molecule has 1 aliphatic carbocycles. The van der Waals surface area contributed by atoms with Crippen LogP contribution in [0.3, 0.4) is 0 Å². The van der Waals surface area contributed by atoms with Crippen LogP contribution in [0, 0.1) is 5.92 Å². The molecule has 1 aromatic heterocycles. The van der Waals surface area contributed by atoms with E-state index in [1.807, 2.05) is 30.3 Å². The Morgan fingerprint density at radius 1 is 1.00 bits per heavy atom. The second-order valence-corrected chi connectivity index (χ2v) is 5.94. The number of benzene rings is 2. The van der Waals surface area contributed by atoms with Crippen LogP contribution in [0.1, 0.15) is 24.8 Å². The van der Waals surface area contributed by atoms with Gasteiger partial charge in [0.25, 0.3) is 0 Å². The maximum absolute atomic E-state index is 12.0. The van der Waals surface area contributed by atoms with Gasteiger partial charge >= 0.3 is 0 Å². The van der Waals surface area contributed by atoms with Crippen LogP contribution in [0.4, 0.5) is 0 Å². The van der Waals surface area contributed by atoms with Crippen LogP contribution in [0.2, 0.25) is 0 Å². The molecular formula is C18H16N2O2. The Bertz CT molecular complexity index is 816. The molecule has 0 bridgehead atoms. The van der Waals surface area contributed by atoms with E-state index in [1.54, 1.807) is 0 Å². The molecule has 0 N–H and O–H groups in total. The van der Waals surface area contributed by atoms with Gasteiger partial charge in [0.05, 0.1) is 0 Å². The molecule has 4 nitrogen and oxygen atoms in total. The molecule has 4 rings (SSSR count). The predicted octanol–water partition coefficient (Wildman–Crippen LogP) is 3.80. The highest BCUT2D eigenvalue weighted by molar-refractivity contribution is 5.84. The summed E-state index contributed by atoms with van der Waals surface area (Å²) in [6, 6.07) is 14.0. The Labute approximate surface area is 128 Å². The fraction of sp³-hybridized carbons (Fsp3) is 0.278. The minimum Gasteiger partial charge on any atom is -0.299 e. The van der Waals surface area contributed by atoms with E-state index in [-0.39, 0.29) is 0 Å². The van der Waals surface area contributed by atoms with Crippen molar-refractivity contribution < 1.29 is 9.42 Å². The summed E-state index contributed by atoms with van der Waals surface area (Å²) in [6.45, 7) is 0. The van der Waals surface area contributed by atoms with E-state index in [0.717, 1.165) is 40.6 Å². The van der Waals surface area contributed by atoms with Gasteiger partial charge in [-0.25, -0.2) is 4.63 Å². The predicted molar refractivity (Wildman–Crippen MR) is 83.3 cm³/mol. The first-order valence-electron chi connectivity index (χ1n) is 7.64. The lowest BCUT2D eigenvalue weighted by Crippen LogP contribution is -2.23. The van der Waals surface area contributed by atoms with Gasteiger partial charge < -0.3 is 0 Å². The molecule has 0 radical (unpaired) electrons. The van der Waals surface area contributed by atoms with Crippen molar-refractivity contribution in [3.63, 3.8) is 0 Å². The quantitative estimate of drug-likeness (QED) is 0.734. The molecule has 1 fully saturated rings. The lowest BCUT2D eigenvalue weighted by Gasteiger charge is -2.23. The maximum Gasteiger partial charge on any atom is 0.140 e. The van der Waals surface area contributed by atoms with E-state index in [9.17, 15) is 4.79 Å². The lowest BCUT2D eigenvalue weighted by molar-refractivity contribution is -0.124. The molecule has 2 aromatic carbocycles.